The molecule has 0 amide bonds. The van der Waals surface area contributed by atoms with Crippen molar-refractivity contribution < 1.29 is 9.66 Å². The van der Waals surface area contributed by atoms with Crippen molar-refractivity contribution in [3.63, 3.8) is 0 Å². The van der Waals surface area contributed by atoms with Crippen molar-refractivity contribution in [2.45, 2.75) is 6.92 Å². The van der Waals surface area contributed by atoms with Crippen molar-refractivity contribution in [2.24, 2.45) is 0 Å². The van der Waals surface area contributed by atoms with Crippen LogP contribution in [0.4, 0.5) is 11.4 Å². The quantitative estimate of drug-likeness (QED) is 0.475. The maximum absolute atomic E-state index is 10.7. The second kappa shape index (κ2) is 6.30. The Morgan fingerprint density at radius 1 is 1.56 bits per heavy atom. The van der Waals surface area contributed by atoms with Gasteiger partial charge in [0.1, 0.15) is 5.69 Å². The fourth-order valence-electron chi connectivity index (χ4n) is 1.23. The minimum atomic E-state index is -0.463. The topological polar surface area (TPSA) is 64.4 Å². The van der Waals surface area contributed by atoms with Crippen LogP contribution in [0.1, 0.15) is 6.92 Å². The van der Waals surface area contributed by atoms with Crippen LogP contribution < -0.4 is 5.32 Å². The number of para-hydroxylation sites is 1. The Morgan fingerprint density at radius 2 is 2.31 bits per heavy atom. The molecule has 5 nitrogen and oxygen atoms in total. The molecule has 16 heavy (non-hydrogen) atoms. The third kappa shape index (κ3) is 3.36. The number of nitrogens with zero attached hydrogens (tertiary/aromatic N) is 1. The maximum Gasteiger partial charge on any atom is 0.293 e. The molecule has 0 atom stereocenters. The maximum atomic E-state index is 10.7. The Labute approximate surface area is 98.5 Å². The second-order valence-corrected chi connectivity index (χ2v) is 3.42. The average Bonchev–Trinajstić information content (AvgIpc) is 2.25. The highest BCUT2D eigenvalue weighted by molar-refractivity contribution is 6.33. The minimum absolute atomic E-state index is 0.0241. The van der Waals surface area contributed by atoms with Gasteiger partial charge in [0.25, 0.3) is 5.69 Å². The molecule has 0 aliphatic rings. The van der Waals surface area contributed by atoms with E-state index < -0.39 is 4.92 Å². The van der Waals surface area contributed by atoms with Crippen molar-refractivity contribution in [1.29, 1.82) is 0 Å². The van der Waals surface area contributed by atoms with E-state index in [9.17, 15) is 10.1 Å². The number of nitro groups is 1. The molecule has 1 N–H and O–H groups in total. The monoisotopic (exact) mass is 244 g/mol. The Kier molecular flexibility index (Phi) is 5.01. The molecule has 1 aromatic carbocycles. The van der Waals surface area contributed by atoms with Crippen molar-refractivity contribution in [3.8, 4) is 0 Å². The van der Waals surface area contributed by atoms with Gasteiger partial charge in [-0.2, -0.15) is 0 Å². The van der Waals surface area contributed by atoms with Crippen LogP contribution >= 0.6 is 11.6 Å². The molecule has 0 saturated heterocycles. The average molecular weight is 245 g/mol. The smallest absolute Gasteiger partial charge is 0.293 e. The van der Waals surface area contributed by atoms with Crippen molar-refractivity contribution >= 4 is 23.0 Å². The van der Waals surface area contributed by atoms with Gasteiger partial charge in [-0.3, -0.25) is 10.1 Å². The summed E-state index contributed by atoms with van der Waals surface area (Å²) in [4.78, 5) is 10.3. The lowest BCUT2D eigenvalue weighted by Crippen LogP contribution is -2.10. The van der Waals surface area contributed by atoms with Gasteiger partial charge in [-0.05, 0) is 13.0 Å². The summed E-state index contributed by atoms with van der Waals surface area (Å²) in [6.45, 7) is 3.47. The summed E-state index contributed by atoms with van der Waals surface area (Å²) in [5.41, 5.74) is 0.317. The zero-order valence-corrected chi connectivity index (χ0v) is 9.66. The number of nitro benzene ring substituents is 1. The largest absolute Gasteiger partial charge is 0.380 e. The highest BCUT2D eigenvalue weighted by Crippen LogP contribution is 2.31. The molecule has 88 valence electrons. The third-order valence-electron chi connectivity index (χ3n) is 1.94. The van der Waals surface area contributed by atoms with E-state index in [1.165, 1.54) is 6.07 Å². The van der Waals surface area contributed by atoms with Crippen LogP contribution in [0.25, 0.3) is 0 Å². The van der Waals surface area contributed by atoms with Crippen LogP contribution in [0, 0.1) is 10.1 Å². The summed E-state index contributed by atoms with van der Waals surface area (Å²) in [7, 11) is 0. The van der Waals surface area contributed by atoms with Crippen molar-refractivity contribution in [2.75, 3.05) is 25.1 Å². The molecular formula is C10H13ClN2O3. The molecule has 0 heterocycles. The number of rotatable bonds is 6. The van der Waals surface area contributed by atoms with Gasteiger partial charge in [-0.1, -0.05) is 17.7 Å². The van der Waals surface area contributed by atoms with Crippen LogP contribution in [0.5, 0.6) is 0 Å². The molecule has 0 fully saturated rings. The molecule has 6 heteroatoms. The first kappa shape index (κ1) is 12.7. The van der Waals surface area contributed by atoms with Crippen LogP contribution in [-0.2, 0) is 4.74 Å². The summed E-state index contributed by atoms with van der Waals surface area (Å²) in [5, 5.41) is 14.0. The fraction of sp³-hybridized carbons (Fsp3) is 0.400. The summed E-state index contributed by atoms with van der Waals surface area (Å²) in [5.74, 6) is 0. The number of ether oxygens (including phenoxy) is 1. The van der Waals surface area contributed by atoms with E-state index in [0.717, 1.165) is 0 Å². The molecule has 0 spiro atoms. The van der Waals surface area contributed by atoms with Crippen molar-refractivity contribution in [3.05, 3.63) is 33.3 Å². The number of anilines is 1. The Bertz CT molecular complexity index is 371. The van der Waals surface area contributed by atoms with E-state index in [1.807, 2.05) is 6.92 Å². The van der Waals surface area contributed by atoms with Gasteiger partial charge in [-0.25, -0.2) is 0 Å². The van der Waals surface area contributed by atoms with Crippen LogP contribution in [0.3, 0.4) is 0 Å². The lowest BCUT2D eigenvalue weighted by Gasteiger charge is -2.08. The third-order valence-corrected chi connectivity index (χ3v) is 2.26. The molecule has 0 unspecified atom stereocenters. The predicted molar refractivity (Wildman–Crippen MR) is 63.1 cm³/mol. The van der Waals surface area contributed by atoms with Gasteiger partial charge in [0.2, 0.25) is 0 Å². The van der Waals surface area contributed by atoms with Crippen LogP contribution in [0.15, 0.2) is 18.2 Å². The second-order valence-electron chi connectivity index (χ2n) is 3.01. The Hall–Kier alpha value is -1.33. The molecule has 0 aliphatic carbocycles. The molecule has 0 aliphatic heterocycles. The molecular weight excluding hydrogens is 232 g/mol. The van der Waals surface area contributed by atoms with Gasteiger partial charge >= 0.3 is 0 Å². The minimum Gasteiger partial charge on any atom is -0.380 e. The zero-order valence-electron chi connectivity index (χ0n) is 8.90. The van der Waals surface area contributed by atoms with Gasteiger partial charge in [0.05, 0.1) is 16.6 Å². The van der Waals surface area contributed by atoms with E-state index in [2.05, 4.69) is 5.32 Å². The molecule has 1 rings (SSSR count). The SMILES string of the molecule is CCOCCNc1c(Cl)cccc1[N+](=O)[O-]. The zero-order chi connectivity index (χ0) is 12.0. The van der Waals surface area contributed by atoms with E-state index in [-0.39, 0.29) is 5.69 Å². The number of benzene rings is 1. The molecule has 0 aromatic heterocycles. The van der Waals surface area contributed by atoms with E-state index in [4.69, 9.17) is 16.3 Å². The predicted octanol–water partition coefficient (Wildman–Crippen LogP) is 2.70. The lowest BCUT2D eigenvalue weighted by atomic mass is 10.2. The van der Waals surface area contributed by atoms with Gasteiger partial charge in [0.15, 0.2) is 0 Å². The van der Waals surface area contributed by atoms with E-state index >= 15 is 0 Å². The molecule has 0 radical (unpaired) electrons. The number of hydrogen-bond acceptors (Lipinski definition) is 4. The number of hydrogen-bond donors (Lipinski definition) is 1. The highest BCUT2D eigenvalue weighted by Gasteiger charge is 2.15. The van der Waals surface area contributed by atoms with E-state index in [0.29, 0.717) is 30.5 Å². The van der Waals surface area contributed by atoms with Gasteiger partial charge < -0.3 is 10.1 Å². The normalized spacial score (nSPS) is 10.1. The van der Waals surface area contributed by atoms with Gasteiger partial charge in [-0.15, -0.1) is 0 Å². The van der Waals surface area contributed by atoms with Crippen LogP contribution in [-0.4, -0.2) is 24.7 Å². The standard InChI is InChI=1S/C10H13ClN2O3/c1-2-16-7-6-12-10-8(11)4-3-5-9(10)13(14)15/h3-5,12H,2,6-7H2,1H3. The Morgan fingerprint density at radius 3 is 2.94 bits per heavy atom. The Balaban J connectivity index is 2.73. The number of halogens is 1. The first-order chi connectivity index (χ1) is 7.66. The summed E-state index contributed by atoms with van der Waals surface area (Å²) in [6, 6.07) is 4.57. The molecule has 0 bridgehead atoms. The number of nitrogens with one attached hydrogen (secondary N) is 1. The van der Waals surface area contributed by atoms with Gasteiger partial charge in [0, 0.05) is 19.2 Å². The molecule has 0 saturated carbocycles. The van der Waals surface area contributed by atoms with Crippen molar-refractivity contribution in [1.82, 2.24) is 0 Å². The molecule has 1 aromatic rings. The van der Waals surface area contributed by atoms with Crippen LogP contribution in [0.2, 0.25) is 5.02 Å². The first-order valence-corrected chi connectivity index (χ1v) is 5.29. The summed E-state index contributed by atoms with van der Waals surface area (Å²) < 4.78 is 5.12. The van der Waals surface area contributed by atoms with E-state index in [1.54, 1.807) is 12.1 Å². The lowest BCUT2D eigenvalue weighted by molar-refractivity contribution is -0.383. The summed E-state index contributed by atoms with van der Waals surface area (Å²) >= 11 is 5.88. The fourth-order valence-corrected chi connectivity index (χ4v) is 1.47. The first-order valence-electron chi connectivity index (χ1n) is 4.91. The highest BCUT2D eigenvalue weighted by atomic mass is 35.5. The summed E-state index contributed by atoms with van der Waals surface area (Å²) in [6.07, 6.45) is 0.